The maximum atomic E-state index is 11.6. The molecule has 1 atom stereocenters. The first-order valence-electron chi connectivity index (χ1n) is 6.98. The fourth-order valence-electron chi connectivity index (χ4n) is 2.56. The van der Waals surface area contributed by atoms with Gasteiger partial charge in [-0.15, -0.1) is 0 Å². The van der Waals surface area contributed by atoms with Gasteiger partial charge in [-0.2, -0.15) is 0 Å². The van der Waals surface area contributed by atoms with E-state index >= 15 is 0 Å². The predicted molar refractivity (Wildman–Crippen MR) is 82.7 cm³/mol. The topological polar surface area (TPSA) is 50.4 Å². The van der Waals surface area contributed by atoms with Crippen LogP contribution in [0.4, 0.5) is 0 Å². The highest BCUT2D eigenvalue weighted by molar-refractivity contribution is 9.10. The van der Waals surface area contributed by atoms with Gasteiger partial charge in [0.25, 0.3) is 0 Å². The molecule has 20 heavy (non-hydrogen) atoms. The van der Waals surface area contributed by atoms with Crippen LogP contribution in [-0.2, 0) is 16.0 Å². The Balaban J connectivity index is 1.74. The van der Waals surface area contributed by atoms with Gasteiger partial charge in [-0.1, -0.05) is 28.1 Å². The van der Waals surface area contributed by atoms with Crippen molar-refractivity contribution in [3.8, 4) is 0 Å². The quantitative estimate of drug-likeness (QED) is 0.748. The number of nitrogens with one attached hydrogen (secondary N) is 2. The molecule has 0 aliphatic heterocycles. The van der Waals surface area contributed by atoms with Crippen LogP contribution in [0.2, 0.25) is 0 Å². The van der Waals surface area contributed by atoms with Crippen LogP contribution in [0.1, 0.15) is 30.0 Å². The van der Waals surface area contributed by atoms with E-state index < -0.39 is 0 Å². The third-order valence-electron chi connectivity index (χ3n) is 3.58. The van der Waals surface area contributed by atoms with E-state index in [-0.39, 0.29) is 5.91 Å². The molecule has 1 aliphatic rings. The number of ether oxygens (including phenoxy) is 1. The zero-order valence-electron chi connectivity index (χ0n) is 11.7. The molecule has 0 saturated heterocycles. The number of amides is 1. The summed E-state index contributed by atoms with van der Waals surface area (Å²) in [5.41, 5.74) is 2.76. The van der Waals surface area contributed by atoms with E-state index in [1.807, 2.05) is 0 Å². The molecule has 1 aromatic carbocycles. The van der Waals surface area contributed by atoms with Crippen LogP contribution in [0, 0.1) is 0 Å². The SMILES string of the molecule is COCCNC(=O)CCNC1CCc2c(Br)cccc21. The Kier molecular flexibility index (Phi) is 6.01. The second-order valence-corrected chi connectivity index (χ2v) is 5.80. The molecule has 1 amide bonds. The molecular weight excluding hydrogens is 320 g/mol. The summed E-state index contributed by atoms with van der Waals surface area (Å²) < 4.78 is 6.08. The third kappa shape index (κ3) is 4.04. The highest BCUT2D eigenvalue weighted by Crippen LogP contribution is 2.35. The minimum Gasteiger partial charge on any atom is -0.383 e. The monoisotopic (exact) mass is 340 g/mol. The number of carbonyl (C=O) groups excluding carboxylic acids is 1. The number of hydrogen-bond donors (Lipinski definition) is 2. The lowest BCUT2D eigenvalue weighted by atomic mass is 10.1. The molecule has 0 heterocycles. The molecule has 5 heteroatoms. The van der Waals surface area contributed by atoms with Crippen molar-refractivity contribution in [2.24, 2.45) is 0 Å². The van der Waals surface area contributed by atoms with Crippen molar-refractivity contribution >= 4 is 21.8 Å². The molecule has 1 aromatic rings. The van der Waals surface area contributed by atoms with Crippen LogP contribution in [0.15, 0.2) is 22.7 Å². The zero-order chi connectivity index (χ0) is 14.4. The zero-order valence-corrected chi connectivity index (χ0v) is 13.3. The highest BCUT2D eigenvalue weighted by Gasteiger charge is 2.23. The van der Waals surface area contributed by atoms with Gasteiger partial charge in [0.15, 0.2) is 0 Å². The fraction of sp³-hybridized carbons (Fsp3) is 0.533. The molecule has 4 nitrogen and oxygen atoms in total. The second kappa shape index (κ2) is 7.76. The van der Waals surface area contributed by atoms with E-state index in [1.54, 1.807) is 7.11 Å². The summed E-state index contributed by atoms with van der Waals surface area (Å²) in [6, 6.07) is 6.70. The van der Waals surface area contributed by atoms with Gasteiger partial charge < -0.3 is 15.4 Å². The standard InChI is InChI=1S/C15H21BrN2O2/c1-20-10-9-18-15(19)7-8-17-14-6-5-11-12(14)3-2-4-13(11)16/h2-4,14,17H,5-10H2,1H3,(H,18,19). The largest absolute Gasteiger partial charge is 0.383 e. The van der Waals surface area contributed by atoms with E-state index in [9.17, 15) is 4.79 Å². The predicted octanol–water partition coefficient (Wildman–Crippen LogP) is 2.18. The summed E-state index contributed by atoms with van der Waals surface area (Å²) in [7, 11) is 1.63. The molecule has 0 fully saturated rings. The van der Waals surface area contributed by atoms with Gasteiger partial charge in [0.2, 0.25) is 5.91 Å². The van der Waals surface area contributed by atoms with Gasteiger partial charge in [-0.25, -0.2) is 0 Å². The van der Waals surface area contributed by atoms with Crippen LogP contribution < -0.4 is 10.6 Å². The van der Waals surface area contributed by atoms with Gasteiger partial charge in [-0.05, 0) is 30.0 Å². The number of halogens is 1. The normalized spacial score (nSPS) is 17.0. The molecule has 0 saturated carbocycles. The molecule has 2 rings (SSSR count). The Morgan fingerprint density at radius 3 is 3.10 bits per heavy atom. The number of methoxy groups -OCH3 is 1. The van der Waals surface area contributed by atoms with Gasteiger partial charge in [-0.3, -0.25) is 4.79 Å². The molecule has 1 aliphatic carbocycles. The number of fused-ring (bicyclic) bond motifs is 1. The van der Waals surface area contributed by atoms with Crippen molar-refractivity contribution in [1.82, 2.24) is 10.6 Å². The lowest BCUT2D eigenvalue weighted by molar-refractivity contribution is -0.121. The average Bonchev–Trinajstić information content (AvgIpc) is 2.84. The first kappa shape index (κ1) is 15.5. The van der Waals surface area contributed by atoms with Crippen LogP contribution in [-0.4, -0.2) is 32.7 Å². The Hall–Kier alpha value is -0.910. The van der Waals surface area contributed by atoms with Gasteiger partial charge in [0, 0.05) is 37.1 Å². The number of carbonyl (C=O) groups is 1. The van der Waals surface area contributed by atoms with Crippen molar-refractivity contribution in [3.05, 3.63) is 33.8 Å². The summed E-state index contributed by atoms with van der Waals surface area (Å²) in [4.78, 5) is 11.6. The molecule has 0 bridgehead atoms. The third-order valence-corrected chi connectivity index (χ3v) is 4.33. The van der Waals surface area contributed by atoms with Crippen molar-refractivity contribution in [1.29, 1.82) is 0 Å². The first-order chi connectivity index (χ1) is 9.72. The lowest BCUT2D eigenvalue weighted by Crippen LogP contribution is -2.31. The maximum absolute atomic E-state index is 11.6. The molecular formula is C15H21BrN2O2. The Morgan fingerprint density at radius 2 is 2.30 bits per heavy atom. The minimum absolute atomic E-state index is 0.0713. The molecule has 0 radical (unpaired) electrons. The van der Waals surface area contributed by atoms with E-state index in [4.69, 9.17) is 4.74 Å². The summed E-state index contributed by atoms with van der Waals surface area (Å²) >= 11 is 3.60. The number of benzene rings is 1. The smallest absolute Gasteiger partial charge is 0.221 e. The van der Waals surface area contributed by atoms with E-state index in [1.165, 1.54) is 15.6 Å². The van der Waals surface area contributed by atoms with Crippen molar-refractivity contribution in [2.45, 2.75) is 25.3 Å². The van der Waals surface area contributed by atoms with E-state index in [0.717, 1.165) is 12.8 Å². The highest BCUT2D eigenvalue weighted by atomic mass is 79.9. The Bertz CT molecular complexity index is 465. The molecule has 2 N–H and O–H groups in total. The van der Waals surface area contributed by atoms with Crippen molar-refractivity contribution in [3.63, 3.8) is 0 Å². The van der Waals surface area contributed by atoms with E-state index in [2.05, 4.69) is 44.8 Å². The second-order valence-electron chi connectivity index (χ2n) is 4.95. The summed E-state index contributed by atoms with van der Waals surface area (Å²) in [6.07, 6.45) is 2.70. The lowest BCUT2D eigenvalue weighted by Gasteiger charge is -2.14. The van der Waals surface area contributed by atoms with Crippen LogP contribution in [0.25, 0.3) is 0 Å². The summed E-state index contributed by atoms with van der Waals surface area (Å²) in [5, 5.41) is 6.30. The van der Waals surface area contributed by atoms with Gasteiger partial charge >= 0.3 is 0 Å². The molecule has 0 spiro atoms. The minimum atomic E-state index is 0.0713. The Labute approximate surface area is 128 Å². The summed E-state index contributed by atoms with van der Waals surface area (Å²) in [5.74, 6) is 0.0713. The van der Waals surface area contributed by atoms with E-state index in [0.29, 0.717) is 32.2 Å². The average molecular weight is 341 g/mol. The maximum Gasteiger partial charge on any atom is 0.221 e. The van der Waals surface area contributed by atoms with Crippen LogP contribution in [0.3, 0.4) is 0 Å². The van der Waals surface area contributed by atoms with Crippen molar-refractivity contribution in [2.75, 3.05) is 26.8 Å². The number of hydrogen-bond acceptors (Lipinski definition) is 3. The molecule has 110 valence electrons. The summed E-state index contributed by atoms with van der Waals surface area (Å²) in [6.45, 7) is 1.84. The van der Waals surface area contributed by atoms with Gasteiger partial charge in [0.1, 0.15) is 0 Å². The van der Waals surface area contributed by atoms with Gasteiger partial charge in [0.05, 0.1) is 6.61 Å². The first-order valence-corrected chi connectivity index (χ1v) is 7.78. The van der Waals surface area contributed by atoms with Crippen molar-refractivity contribution < 1.29 is 9.53 Å². The van der Waals surface area contributed by atoms with Crippen LogP contribution in [0.5, 0.6) is 0 Å². The van der Waals surface area contributed by atoms with Crippen LogP contribution >= 0.6 is 15.9 Å². The molecule has 1 unspecified atom stereocenters. The Morgan fingerprint density at radius 1 is 1.45 bits per heavy atom. The molecule has 0 aromatic heterocycles. The number of rotatable bonds is 7. The fourth-order valence-corrected chi connectivity index (χ4v) is 3.14.